The number of rotatable bonds is 1. The van der Waals surface area contributed by atoms with Gasteiger partial charge < -0.3 is 0 Å². The molecule has 0 aromatic heterocycles. The third-order valence-electron chi connectivity index (χ3n) is 0.445. The first-order chi connectivity index (χ1) is 2.81. The molecule has 0 aliphatic rings. The van der Waals surface area contributed by atoms with E-state index in [2.05, 4.69) is 70.5 Å². The van der Waals surface area contributed by atoms with E-state index in [-0.39, 0.29) is 0 Å². The molecule has 0 aliphatic heterocycles. The monoisotopic (exact) mass is 474 g/mol. The van der Waals surface area contributed by atoms with Crippen LogP contribution >= 0.6 is 63.6 Å². The Labute approximate surface area is 84.9 Å². The Morgan fingerprint density at radius 3 is 1.57 bits per heavy atom. The van der Waals surface area contributed by atoms with Crippen molar-refractivity contribution in [3.63, 3.8) is 0 Å². The smallest absolute Gasteiger partial charge is 0.00381 e. The van der Waals surface area contributed by atoms with Crippen LogP contribution in [0.1, 0.15) is 6.92 Å². The first-order valence-electron chi connectivity index (χ1n) is 1.63. The molecule has 0 heterocycles. The van der Waals surface area contributed by atoms with Crippen molar-refractivity contribution < 1.29 is 0 Å². The number of hydrogen-bond acceptors (Lipinski definition) is 1. The highest BCUT2D eigenvalue weighted by Gasteiger charge is 2.16. The zero-order valence-electron chi connectivity index (χ0n) is 3.66. The summed E-state index contributed by atoms with van der Waals surface area (Å²) >= 11 is 12.4. The predicted octanol–water partition coefficient (Wildman–Crippen LogP) is 3.21. The Bertz CT molecular complexity index is 112. The van der Waals surface area contributed by atoms with Crippen LogP contribution in [0.2, 0.25) is 0 Å². The SMILES string of the molecule is CCS(=S)(I)(I)I. The second-order valence-electron chi connectivity index (χ2n) is 1.10. The fourth-order valence-corrected chi connectivity index (χ4v) is 0. The lowest BCUT2D eigenvalue weighted by Gasteiger charge is -2.21. The Morgan fingerprint density at radius 2 is 1.57 bits per heavy atom. The van der Waals surface area contributed by atoms with Crippen LogP contribution in [-0.4, -0.2) is 5.75 Å². The second kappa shape index (κ2) is 2.79. The first kappa shape index (κ1) is 9.76. The molecule has 0 amide bonds. The van der Waals surface area contributed by atoms with E-state index in [0.29, 0.717) is 0 Å². The average Bonchev–Trinajstić information content (AvgIpc) is 1.32. The van der Waals surface area contributed by atoms with E-state index in [1.54, 1.807) is 0 Å². The molecule has 0 unspecified atom stereocenters. The third-order valence-corrected chi connectivity index (χ3v) is 7.65. The maximum absolute atomic E-state index is 5.26. The van der Waals surface area contributed by atoms with Gasteiger partial charge in [-0.1, -0.05) is 6.16 Å². The molecule has 0 spiro atoms. The van der Waals surface area contributed by atoms with Crippen LogP contribution < -0.4 is 0 Å². The van der Waals surface area contributed by atoms with Gasteiger partial charge in [-0.25, -0.2) is 0 Å². The van der Waals surface area contributed by atoms with Crippen LogP contribution in [0, 0.1) is 0 Å². The molecule has 0 aromatic carbocycles. The Morgan fingerprint density at radius 1 is 1.43 bits per heavy atom. The first-order valence-corrected chi connectivity index (χ1v) is 12.4. The summed E-state index contributed by atoms with van der Waals surface area (Å²) in [7, 11) is 0. The largest absolute Gasteiger partial charge is 0.0553 e. The molecular weight excluding hydrogens is 469 g/mol. The zero-order chi connectivity index (χ0) is 6.15. The minimum absolute atomic E-state index is 1.12. The van der Waals surface area contributed by atoms with Gasteiger partial charge in [-0.15, -0.1) is 0 Å². The summed E-state index contributed by atoms with van der Waals surface area (Å²) in [6, 6.07) is 0. The minimum Gasteiger partial charge on any atom is -0.0553 e. The Kier molecular flexibility index (Phi) is 3.88. The molecule has 0 N–H and O–H groups in total. The van der Waals surface area contributed by atoms with E-state index in [9.17, 15) is 0 Å². The van der Waals surface area contributed by atoms with Crippen LogP contribution in [0.5, 0.6) is 0 Å². The van der Waals surface area contributed by atoms with Crippen LogP contribution in [0.15, 0.2) is 0 Å². The molecule has 0 saturated carbocycles. The molecule has 0 atom stereocenters. The summed E-state index contributed by atoms with van der Waals surface area (Å²) < 4.78 is -1.37. The Balaban J connectivity index is 4.14. The van der Waals surface area contributed by atoms with Crippen LogP contribution in [0.4, 0.5) is 0 Å². The zero-order valence-corrected chi connectivity index (χ0v) is 11.8. The highest BCUT2D eigenvalue weighted by Crippen LogP contribution is 2.50. The van der Waals surface area contributed by atoms with Crippen molar-refractivity contribution in [1.82, 2.24) is 0 Å². The fraction of sp³-hybridized carbons (Fsp3) is 1.00. The summed E-state index contributed by atoms with van der Waals surface area (Å²) in [5.74, 6) is 1.12. The van der Waals surface area contributed by atoms with Crippen molar-refractivity contribution in [1.29, 1.82) is 0 Å². The van der Waals surface area contributed by atoms with Gasteiger partial charge in [-0.2, -0.15) is 0 Å². The fourth-order valence-electron chi connectivity index (χ4n) is 0. The predicted molar refractivity (Wildman–Crippen MR) is 67.3 cm³/mol. The standard InChI is InChI=1S/C2H5I3S2/c1-2-7(3,4,5)6/h2H2,1H3. The normalized spacial score (nSPS) is 18.0. The molecule has 0 aliphatic carbocycles. The van der Waals surface area contributed by atoms with Crippen molar-refractivity contribution in [2.75, 3.05) is 5.75 Å². The molecule has 0 fully saturated rings. The highest BCUT2D eigenvalue weighted by atomic mass is 127. The third kappa shape index (κ3) is 8.76. The van der Waals surface area contributed by atoms with Gasteiger partial charge in [0.2, 0.25) is 0 Å². The van der Waals surface area contributed by atoms with Gasteiger partial charge in [0, 0.05) is 5.75 Å². The molecule has 0 rings (SSSR count). The molecule has 5 heteroatoms. The van der Waals surface area contributed by atoms with Crippen molar-refractivity contribution in [2.45, 2.75) is 6.92 Å². The lowest BCUT2D eigenvalue weighted by atomic mass is 11.0. The van der Waals surface area contributed by atoms with Crippen molar-refractivity contribution in [3.05, 3.63) is 0 Å². The summed E-state index contributed by atoms with van der Waals surface area (Å²) in [5.41, 5.74) is 0. The maximum atomic E-state index is 5.26. The van der Waals surface area contributed by atoms with Crippen LogP contribution in [0.25, 0.3) is 0 Å². The van der Waals surface area contributed by atoms with Gasteiger partial charge in [0.1, 0.15) is 0 Å². The van der Waals surface area contributed by atoms with Crippen LogP contribution in [0.3, 0.4) is 0 Å². The lowest BCUT2D eigenvalue weighted by molar-refractivity contribution is 1.54. The molecule has 0 bridgehead atoms. The average molecular weight is 474 g/mol. The lowest BCUT2D eigenvalue weighted by Crippen LogP contribution is -2.02. The topological polar surface area (TPSA) is 0 Å². The van der Waals surface area contributed by atoms with Crippen molar-refractivity contribution in [2.24, 2.45) is 0 Å². The molecule has 0 aromatic rings. The highest BCUT2D eigenvalue weighted by molar-refractivity contribution is 14.5. The van der Waals surface area contributed by atoms with Gasteiger partial charge in [0.25, 0.3) is 0 Å². The van der Waals surface area contributed by atoms with Gasteiger partial charge in [0.15, 0.2) is 0 Å². The van der Waals surface area contributed by atoms with E-state index in [1.807, 2.05) is 0 Å². The van der Waals surface area contributed by atoms with Gasteiger partial charge >= 0.3 is 0 Å². The van der Waals surface area contributed by atoms with Crippen molar-refractivity contribution in [3.8, 4) is 0 Å². The molecule has 0 radical (unpaired) electrons. The van der Waals surface area contributed by atoms with E-state index in [4.69, 9.17) is 11.2 Å². The van der Waals surface area contributed by atoms with E-state index in [1.165, 1.54) is 0 Å². The van der Waals surface area contributed by atoms with Gasteiger partial charge in [-0.3, -0.25) is 0 Å². The second-order valence-corrected chi connectivity index (χ2v) is 43.5. The minimum atomic E-state index is -1.37. The van der Waals surface area contributed by atoms with E-state index in [0.717, 1.165) is 5.75 Å². The maximum Gasteiger partial charge on any atom is 0.00381 e. The van der Waals surface area contributed by atoms with Gasteiger partial charge in [0.05, 0.1) is 0 Å². The molecular formula is C2H5I3S2. The summed E-state index contributed by atoms with van der Waals surface area (Å²) in [6.45, 7) is 2.14. The molecule has 7 heavy (non-hydrogen) atoms. The summed E-state index contributed by atoms with van der Waals surface area (Å²) in [4.78, 5) is 0. The summed E-state index contributed by atoms with van der Waals surface area (Å²) in [5, 5.41) is 0. The number of halogens is 3. The molecule has 46 valence electrons. The Hall–Kier alpha value is 2.76. The van der Waals surface area contributed by atoms with Crippen LogP contribution in [-0.2, 0) is 10.4 Å². The summed E-state index contributed by atoms with van der Waals surface area (Å²) in [6.07, 6.45) is 0. The number of hydrogen-bond donors (Lipinski definition) is 0. The molecule has 0 saturated heterocycles. The van der Waals surface area contributed by atoms with Gasteiger partial charge in [-0.05, 0) is 74.8 Å². The van der Waals surface area contributed by atoms with Crippen molar-refractivity contribution >= 4 is 74.0 Å². The van der Waals surface area contributed by atoms with E-state index < -0.39 is -0.766 Å². The van der Waals surface area contributed by atoms with E-state index >= 15 is 0 Å². The molecule has 0 nitrogen and oxygen atoms in total. The quantitative estimate of drug-likeness (QED) is 0.416.